The van der Waals surface area contributed by atoms with Crippen LogP contribution in [0.5, 0.6) is 0 Å². The molecule has 98 valence electrons. The van der Waals surface area contributed by atoms with Crippen LogP contribution in [0.2, 0.25) is 0 Å². The topological polar surface area (TPSA) is 55.3 Å². The van der Waals surface area contributed by atoms with Crippen molar-refractivity contribution in [1.82, 2.24) is 9.88 Å². The number of nitrogens with two attached hydrogens (primary N) is 1. The summed E-state index contributed by atoms with van der Waals surface area (Å²) in [5.74, 6) is 1.94. The zero-order valence-corrected chi connectivity index (χ0v) is 11.7. The summed E-state index contributed by atoms with van der Waals surface area (Å²) in [6, 6.07) is 5.56. The smallest absolute Gasteiger partial charge is 0.209 e. The van der Waals surface area contributed by atoms with Crippen LogP contribution < -0.4 is 5.73 Å². The average molecular weight is 265 g/mol. The molecule has 1 heterocycles. The van der Waals surface area contributed by atoms with Crippen LogP contribution >= 0.6 is 11.8 Å². The molecule has 1 aromatic carbocycles. The van der Waals surface area contributed by atoms with Crippen LogP contribution in [-0.2, 0) is 6.54 Å². The standard InChI is InChI=1S/C13H19N3OS/c1-16(6-3-7-18-2)9-13-15-11-5-4-10(14)8-12(11)17-13/h4-5,8H,3,6-7,9,14H2,1-2H3. The second-order valence-corrected chi connectivity index (χ2v) is 5.40. The van der Waals surface area contributed by atoms with Gasteiger partial charge in [-0.1, -0.05) is 0 Å². The molecule has 2 N–H and O–H groups in total. The van der Waals surface area contributed by atoms with Gasteiger partial charge in [-0.25, -0.2) is 4.98 Å². The quantitative estimate of drug-likeness (QED) is 0.642. The molecule has 0 aliphatic rings. The molecule has 0 aliphatic heterocycles. The van der Waals surface area contributed by atoms with E-state index in [-0.39, 0.29) is 0 Å². The van der Waals surface area contributed by atoms with Gasteiger partial charge in [0.05, 0.1) is 6.54 Å². The Morgan fingerprint density at radius 3 is 3.06 bits per heavy atom. The van der Waals surface area contributed by atoms with Crippen molar-refractivity contribution < 1.29 is 4.42 Å². The summed E-state index contributed by atoms with van der Waals surface area (Å²) < 4.78 is 5.69. The van der Waals surface area contributed by atoms with Crippen LogP contribution in [0.25, 0.3) is 11.1 Å². The van der Waals surface area contributed by atoms with Crippen molar-refractivity contribution in [3.05, 3.63) is 24.1 Å². The second-order valence-electron chi connectivity index (χ2n) is 4.42. The Labute approximate surface area is 112 Å². The predicted octanol–water partition coefficient (Wildman–Crippen LogP) is 2.59. The van der Waals surface area contributed by atoms with Crippen LogP contribution in [0.4, 0.5) is 5.69 Å². The number of nitrogens with zero attached hydrogens (tertiary/aromatic N) is 2. The molecule has 0 unspecified atom stereocenters. The van der Waals surface area contributed by atoms with Gasteiger partial charge in [0, 0.05) is 11.8 Å². The molecule has 0 bridgehead atoms. The molecule has 2 rings (SSSR count). The molecule has 0 aliphatic carbocycles. The third kappa shape index (κ3) is 3.40. The molecule has 18 heavy (non-hydrogen) atoms. The Morgan fingerprint density at radius 2 is 2.28 bits per heavy atom. The van der Waals surface area contributed by atoms with E-state index in [1.807, 2.05) is 30.0 Å². The monoisotopic (exact) mass is 265 g/mol. The number of nitrogen functional groups attached to an aromatic ring is 1. The molecule has 0 amide bonds. The van der Waals surface area contributed by atoms with E-state index in [1.54, 1.807) is 0 Å². The highest BCUT2D eigenvalue weighted by Gasteiger charge is 2.08. The maximum absolute atomic E-state index is 5.71. The number of fused-ring (bicyclic) bond motifs is 1. The van der Waals surface area contributed by atoms with Crippen molar-refractivity contribution in [3.63, 3.8) is 0 Å². The maximum Gasteiger partial charge on any atom is 0.209 e. The van der Waals surface area contributed by atoms with E-state index in [0.29, 0.717) is 5.69 Å². The summed E-state index contributed by atoms with van der Waals surface area (Å²) >= 11 is 1.88. The SMILES string of the molecule is CSCCCN(C)Cc1nc2ccc(N)cc2o1. The lowest BCUT2D eigenvalue weighted by Crippen LogP contribution is -2.19. The molecular formula is C13H19N3OS. The lowest BCUT2D eigenvalue weighted by atomic mass is 10.3. The van der Waals surface area contributed by atoms with Crippen molar-refractivity contribution in [2.45, 2.75) is 13.0 Å². The van der Waals surface area contributed by atoms with Gasteiger partial charge in [-0.15, -0.1) is 0 Å². The molecule has 1 aromatic heterocycles. The zero-order valence-electron chi connectivity index (χ0n) is 10.8. The maximum atomic E-state index is 5.71. The van der Waals surface area contributed by atoms with Gasteiger partial charge in [0.1, 0.15) is 5.52 Å². The fourth-order valence-corrected chi connectivity index (χ4v) is 2.26. The van der Waals surface area contributed by atoms with Gasteiger partial charge in [-0.3, -0.25) is 4.90 Å². The largest absolute Gasteiger partial charge is 0.439 e. The lowest BCUT2D eigenvalue weighted by Gasteiger charge is -2.13. The highest BCUT2D eigenvalue weighted by molar-refractivity contribution is 7.98. The number of hydrogen-bond acceptors (Lipinski definition) is 5. The first-order valence-corrected chi connectivity index (χ1v) is 7.41. The summed E-state index contributed by atoms with van der Waals surface area (Å²) in [5, 5.41) is 0. The van der Waals surface area contributed by atoms with Gasteiger partial charge in [0.15, 0.2) is 5.58 Å². The Kier molecular flexibility index (Phi) is 4.49. The molecule has 0 spiro atoms. The summed E-state index contributed by atoms with van der Waals surface area (Å²) in [6.45, 7) is 1.80. The third-order valence-corrected chi connectivity index (χ3v) is 3.45. The van der Waals surface area contributed by atoms with Gasteiger partial charge in [0.2, 0.25) is 5.89 Å². The average Bonchev–Trinajstić information content (AvgIpc) is 2.70. The normalized spacial score (nSPS) is 11.5. The van der Waals surface area contributed by atoms with E-state index >= 15 is 0 Å². The third-order valence-electron chi connectivity index (χ3n) is 2.75. The highest BCUT2D eigenvalue weighted by Crippen LogP contribution is 2.19. The molecule has 0 saturated carbocycles. The van der Waals surface area contributed by atoms with Crippen molar-refractivity contribution in [3.8, 4) is 0 Å². The van der Waals surface area contributed by atoms with Gasteiger partial charge in [0.25, 0.3) is 0 Å². The van der Waals surface area contributed by atoms with Crippen LogP contribution in [0.1, 0.15) is 12.3 Å². The van der Waals surface area contributed by atoms with E-state index in [9.17, 15) is 0 Å². The minimum absolute atomic E-state index is 0.707. The highest BCUT2D eigenvalue weighted by atomic mass is 32.2. The molecule has 5 heteroatoms. The molecule has 0 radical (unpaired) electrons. The van der Waals surface area contributed by atoms with Crippen molar-refractivity contribution in [2.24, 2.45) is 0 Å². The molecule has 0 saturated heterocycles. The number of aromatic nitrogens is 1. The minimum Gasteiger partial charge on any atom is -0.439 e. The van der Waals surface area contributed by atoms with E-state index in [0.717, 1.165) is 30.1 Å². The van der Waals surface area contributed by atoms with E-state index in [4.69, 9.17) is 10.2 Å². The second kappa shape index (κ2) is 6.11. The Hall–Kier alpha value is -1.20. The summed E-state index contributed by atoms with van der Waals surface area (Å²) in [5.41, 5.74) is 8.06. The number of thioether (sulfide) groups is 1. The summed E-state index contributed by atoms with van der Waals surface area (Å²) in [4.78, 5) is 6.68. The Morgan fingerprint density at radius 1 is 1.44 bits per heavy atom. The lowest BCUT2D eigenvalue weighted by molar-refractivity contribution is 0.294. The van der Waals surface area contributed by atoms with Crippen LogP contribution in [0.15, 0.2) is 22.6 Å². The molecule has 2 aromatic rings. The number of rotatable bonds is 6. The number of benzene rings is 1. The van der Waals surface area contributed by atoms with E-state index in [1.165, 1.54) is 12.2 Å². The van der Waals surface area contributed by atoms with Crippen molar-refractivity contribution in [1.29, 1.82) is 0 Å². The first kappa shape index (κ1) is 13.2. The van der Waals surface area contributed by atoms with Crippen molar-refractivity contribution >= 4 is 28.5 Å². The number of anilines is 1. The van der Waals surface area contributed by atoms with Gasteiger partial charge >= 0.3 is 0 Å². The van der Waals surface area contributed by atoms with Gasteiger partial charge in [-0.2, -0.15) is 11.8 Å². The first-order valence-electron chi connectivity index (χ1n) is 6.01. The fourth-order valence-electron chi connectivity index (χ4n) is 1.85. The zero-order chi connectivity index (χ0) is 13.0. The first-order chi connectivity index (χ1) is 8.69. The molecule has 0 fully saturated rings. The predicted molar refractivity (Wildman–Crippen MR) is 77.8 cm³/mol. The molecule has 4 nitrogen and oxygen atoms in total. The van der Waals surface area contributed by atoms with E-state index < -0.39 is 0 Å². The van der Waals surface area contributed by atoms with Crippen LogP contribution in [-0.4, -0.2) is 35.5 Å². The van der Waals surface area contributed by atoms with Gasteiger partial charge < -0.3 is 10.2 Å². The number of oxazole rings is 1. The Balaban J connectivity index is 1.98. The Bertz CT molecular complexity index is 512. The molecular weight excluding hydrogens is 246 g/mol. The molecule has 0 atom stereocenters. The minimum atomic E-state index is 0.707. The van der Waals surface area contributed by atoms with E-state index in [2.05, 4.69) is 23.2 Å². The van der Waals surface area contributed by atoms with Crippen LogP contribution in [0, 0.1) is 0 Å². The summed E-state index contributed by atoms with van der Waals surface area (Å²) in [6.07, 6.45) is 3.32. The van der Waals surface area contributed by atoms with Crippen molar-refractivity contribution in [2.75, 3.05) is 31.3 Å². The fraction of sp³-hybridized carbons (Fsp3) is 0.462. The number of hydrogen-bond donors (Lipinski definition) is 1. The summed E-state index contributed by atoms with van der Waals surface area (Å²) in [7, 11) is 2.09. The van der Waals surface area contributed by atoms with Gasteiger partial charge in [-0.05, 0) is 44.2 Å². The van der Waals surface area contributed by atoms with Crippen LogP contribution in [0.3, 0.4) is 0 Å².